The Hall–Kier alpha value is 0.620. The van der Waals surface area contributed by atoms with Gasteiger partial charge in [0, 0.05) is 17.5 Å². The highest BCUT2D eigenvalue weighted by molar-refractivity contribution is 8.76. The Balaban J connectivity index is 3.07. The van der Waals surface area contributed by atoms with Gasteiger partial charge in [-0.1, -0.05) is 28.5 Å². The molecule has 0 bridgehead atoms. The second-order valence-electron chi connectivity index (χ2n) is 2.27. The molecule has 0 aromatic heterocycles. The van der Waals surface area contributed by atoms with Crippen molar-refractivity contribution in [3.8, 4) is 0 Å². The van der Waals surface area contributed by atoms with Gasteiger partial charge in [-0.25, -0.2) is 0 Å². The van der Waals surface area contributed by atoms with Crippen molar-refractivity contribution in [2.75, 3.05) is 25.2 Å². The van der Waals surface area contributed by atoms with Crippen LogP contribution in [0.3, 0.4) is 0 Å². The Bertz CT molecular complexity index is 78.8. The molecule has 0 rings (SSSR count). The van der Waals surface area contributed by atoms with Crippen LogP contribution in [-0.4, -0.2) is 36.3 Å². The summed E-state index contributed by atoms with van der Waals surface area (Å²) >= 11 is 0. The molecule has 0 saturated heterocycles. The maximum Gasteiger partial charge on any atom is 0.0592 e. The van der Waals surface area contributed by atoms with E-state index in [1.165, 1.54) is 12.2 Å². The molecule has 68 valence electrons. The van der Waals surface area contributed by atoms with Crippen molar-refractivity contribution in [2.24, 2.45) is 0 Å². The van der Waals surface area contributed by atoms with E-state index in [0.29, 0.717) is 0 Å². The van der Waals surface area contributed by atoms with E-state index < -0.39 is 0 Å². The molecule has 1 atom stereocenters. The van der Waals surface area contributed by atoms with Crippen LogP contribution < -0.4 is 5.32 Å². The molecule has 0 heterocycles. The van der Waals surface area contributed by atoms with Crippen molar-refractivity contribution in [2.45, 2.75) is 19.4 Å². The number of aliphatic hydroxyl groups excluding tert-OH is 1. The van der Waals surface area contributed by atoms with Crippen LogP contribution in [0.15, 0.2) is 0 Å². The van der Waals surface area contributed by atoms with E-state index in [-0.39, 0.29) is 12.6 Å². The molecule has 0 radical (unpaired) electrons. The highest BCUT2D eigenvalue weighted by Crippen LogP contribution is 2.22. The second kappa shape index (κ2) is 8.71. The van der Waals surface area contributed by atoms with E-state index in [9.17, 15) is 0 Å². The Labute approximate surface area is 76.9 Å². The number of hydrogen-bond donors (Lipinski definition) is 2. The summed E-state index contributed by atoms with van der Waals surface area (Å²) in [6.07, 6.45) is 1.22. The van der Waals surface area contributed by atoms with Gasteiger partial charge in [-0.05, 0) is 13.5 Å². The van der Waals surface area contributed by atoms with Gasteiger partial charge in [0.25, 0.3) is 0 Å². The highest BCUT2D eigenvalue weighted by atomic mass is 33.1. The van der Waals surface area contributed by atoms with Gasteiger partial charge in [0.1, 0.15) is 0 Å². The monoisotopic (exact) mass is 195 g/mol. The van der Waals surface area contributed by atoms with Crippen LogP contribution in [0, 0.1) is 0 Å². The molecule has 0 unspecified atom stereocenters. The van der Waals surface area contributed by atoms with E-state index in [1.807, 2.05) is 28.6 Å². The van der Waals surface area contributed by atoms with Crippen LogP contribution >= 0.6 is 21.6 Å². The van der Waals surface area contributed by atoms with Gasteiger partial charge in [-0.2, -0.15) is 0 Å². The van der Waals surface area contributed by atoms with Crippen LogP contribution in [0.25, 0.3) is 0 Å². The average molecular weight is 195 g/mol. The van der Waals surface area contributed by atoms with Crippen molar-refractivity contribution >= 4 is 21.6 Å². The molecular formula is C7H17NOS2. The summed E-state index contributed by atoms with van der Waals surface area (Å²) in [5.41, 5.74) is 0. The van der Waals surface area contributed by atoms with Crippen LogP contribution in [0.5, 0.6) is 0 Å². The summed E-state index contributed by atoms with van der Waals surface area (Å²) in [4.78, 5) is 0. The van der Waals surface area contributed by atoms with E-state index in [1.54, 1.807) is 0 Å². The smallest absolute Gasteiger partial charge is 0.0592 e. The van der Waals surface area contributed by atoms with Gasteiger partial charge in [0.2, 0.25) is 0 Å². The lowest BCUT2D eigenvalue weighted by atomic mass is 10.4. The second-order valence-corrected chi connectivity index (χ2v) is 4.90. The molecule has 0 fully saturated rings. The van der Waals surface area contributed by atoms with Crippen molar-refractivity contribution in [1.82, 2.24) is 5.32 Å². The van der Waals surface area contributed by atoms with Crippen molar-refractivity contribution < 1.29 is 5.11 Å². The van der Waals surface area contributed by atoms with Crippen molar-refractivity contribution in [1.29, 1.82) is 0 Å². The third-order valence-electron chi connectivity index (χ3n) is 1.27. The highest BCUT2D eigenvalue weighted by Gasteiger charge is 2.02. The molecule has 0 aromatic rings. The number of nitrogens with one attached hydrogen (secondary N) is 1. The lowest BCUT2D eigenvalue weighted by Crippen LogP contribution is -2.30. The molecule has 4 heteroatoms. The fraction of sp³-hybridized carbons (Fsp3) is 1.00. The van der Waals surface area contributed by atoms with Crippen LogP contribution in [-0.2, 0) is 0 Å². The summed E-state index contributed by atoms with van der Waals surface area (Å²) in [6.45, 7) is 2.41. The first kappa shape index (κ1) is 11.6. The molecule has 2 nitrogen and oxygen atoms in total. The predicted octanol–water partition coefficient (Wildman–Crippen LogP) is 1.36. The fourth-order valence-corrected chi connectivity index (χ4v) is 2.95. The molecule has 0 amide bonds. The average Bonchev–Trinajstić information content (AvgIpc) is 2.05. The Morgan fingerprint density at radius 2 is 2.18 bits per heavy atom. The van der Waals surface area contributed by atoms with Gasteiger partial charge in [0.05, 0.1) is 6.61 Å². The number of rotatable bonds is 7. The van der Waals surface area contributed by atoms with Crippen molar-refractivity contribution in [3.63, 3.8) is 0 Å². The zero-order chi connectivity index (χ0) is 8.53. The Kier molecular flexibility index (Phi) is 9.21. The largest absolute Gasteiger partial charge is 0.395 e. The SMILES string of the molecule is CCCSSC[C@@H](CO)NC. The topological polar surface area (TPSA) is 32.3 Å². The molecule has 0 spiro atoms. The first-order valence-electron chi connectivity index (χ1n) is 3.87. The maximum absolute atomic E-state index is 8.80. The van der Waals surface area contributed by atoms with Gasteiger partial charge in [-0.15, -0.1) is 0 Å². The first-order chi connectivity index (χ1) is 5.35. The fourth-order valence-electron chi connectivity index (χ4n) is 0.500. The van der Waals surface area contributed by atoms with E-state index in [2.05, 4.69) is 12.2 Å². The van der Waals surface area contributed by atoms with Gasteiger partial charge in [0.15, 0.2) is 0 Å². The van der Waals surface area contributed by atoms with Crippen LogP contribution in [0.1, 0.15) is 13.3 Å². The van der Waals surface area contributed by atoms with Gasteiger partial charge in [-0.3, -0.25) is 0 Å². The molecule has 2 N–H and O–H groups in total. The Morgan fingerprint density at radius 1 is 1.45 bits per heavy atom. The minimum Gasteiger partial charge on any atom is -0.395 e. The molecular weight excluding hydrogens is 178 g/mol. The normalized spacial score (nSPS) is 13.4. The van der Waals surface area contributed by atoms with Crippen LogP contribution in [0.2, 0.25) is 0 Å². The summed E-state index contributed by atoms with van der Waals surface area (Å²) in [5, 5.41) is 11.8. The van der Waals surface area contributed by atoms with Gasteiger partial charge < -0.3 is 10.4 Å². The van der Waals surface area contributed by atoms with E-state index in [0.717, 1.165) is 5.75 Å². The third kappa shape index (κ3) is 7.00. The third-order valence-corrected chi connectivity index (χ3v) is 3.96. The zero-order valence-corrected chi connectivity index (χ0v) is 8.80. The van der Waals surface area contributed by atoms with E-state index in [4.69, 9.17) is 5.11 Å². The molecule has 0 aromatic carbocycles. The molecule has 0 aliphatic carbocycles. The number of aliphatic hydroxyl groups is 1. The lowest BCUT2D eigenvalue weighted by Gasteiger charge is -2.10. The predicted molar refractivity (Wildman–Crippen MR) is 55.1 cm³/mol. The minimum absolute atomic E-state index is 0.232. The van der Waals surface area contributed by atoms with Crippen LogP contribution in [0.4, 0.5) is 0 Å². The molecule has 11 heavy (non-hydrogen) atoms. The number of likely N-dealkylation sites (N-methyl/N-ethyl adjacent to an activating group) is 1. The van der Waals surface area contributed by atoms with Gasteiger partial charge >= 0.3 is 0 Å². The number of hydrogen-bond acceptors (Lipinski definition) is 4. The molecule has 0 aliphatic rings. The summed E-state index contributed by atoms with van der Waals surface area (Å²) < 4.78 is 0. The lowest BCUT2D eigenvalue weighted by molar-refractivity contribution is 0.260. The van der Waals surface area contributed by atoms with Crippen molar-refractivity contribution in [3.05, 3.63) is 0 Å². The quantitative estimate of drug-likeness (QED) is 0.474. The summed E-state index contributed by atoms with van der Waals surface area (Å²) in [5.74, 6) is 2.18. The maximum atomic E-state index is 8.80. The summed E-state index contributed by atoms with van der Waals surface area (Å²) in [6, 6.07) is 0.254. The Morgan fingerprint density at radius 3 is 2.64 bits per heavy atom. The summed E-state index contributed by atoms with van der Waals surface area (Å²) in [7, 11) is 5.59. The minimum atomic E-state index is 0.232. The molecule has 0 saturated carbocycles. The first-order valence-corrected chi connectivity index (χ1v) is 6.36. The molecule has 0 aliphatic heterocycles. The standard InChI is InChI=1S/C7H17NOS2/c1-3-4-10-11-6-7(5-9)8-2/h7-9H,3-6H2,1-2H3/t7-/m1/s1. The van der Waals surface area contributed by atoms with E-state index >= 15 is 0 Å². The zero-order valence-electron chi connectivity index (χ0n) is 7.17.